The number of amides is 1. The number of carbonyl (C=O) groups excluding carboxylic acids is 1. The molecule has 152 valence electrons. The SMILES string of the molecule is COc1ccc(-c2cc3nc([C@@H](C)NC(=O)[C@@H](C)c4ccccc4)nn3cn2)cc1. The van der Waals surface area contributed by atoms with Crippen molar-refractivity contribution in [3.05, 3.63) is 78.4 Å². The minimum atomic E-state index is -0.326. The minimum Gasteiger partial charge on any atom is -0.497 e. The van der Waals surface area contributed by atoms with Gasteiger partial charge in [0.15, 0.2) is 11.5 Å². The van der Waals surface area contributed by atoms with Gasteiger partial charge in [-0.3, -0.25) is 4.79 Å². The summed E-state index contributed by atoms with van der Waals surface area (Å²) < 4.78 is 6.82. The molecule has 0 spiro atoms. The number of aromatic nitrogens is 4. The third-order valence-electron chi connectivity index (χ3n) is 5.07. The third-order valence-corrected chi connectivity index (χ3v) is 5.07. The van der Waals surface area contributed by atoms with Gasteiger partial charge < -0.3 is 10.1 Å². The first-order valence-corrected chi connectivity index (χ1v) is 9.77. The van der Waals surface area contributed by atoms with Crippen molar-refractivity contribution in [2.75, 3.05) is 7.11 Å². The molecule has 0 aliphatic carbocycles. The number of benzene rings is 2. The molecular weight excluding hydrogens is 378 g/mol. The lowest BCUT2D eigenvalue weighted by molar-refractivity contribution is -0.122. The summed E-state index contributed by atoms with van der Waals surface area (Å²) in [5.41, 5.74) is 3.39. The van der Waals surface area contributed by atoms with E-state index in [1.54, 1.807) is 18.0 Å². The zero-order chi connectivity index (χ0) is 21.1. The molecular formula is C23H23N5O2. The Hall–Kier alpha value is -3.74. The Balaban J connectivity index is 1.52. The minimum absolute atomic E-state index is 0.0652. The zero-order valence-electron chi connectivity index (χ0n) is 17.1. The first kappa shape index (κ1) is 19.6. The lowest BCUT2D eigenvalue weighted by Gasteiger charge is -2.15. The lowest BCUT2D eigenvalue weighted by Crippen LogP contribution is -2.31. The molecule has 0 bridgehead atoms. The standard InChI is InChI=1S/C23H23N5O2/c1-15(17-7-5-4-6-8-17)23(29)25-16(2)22-26-21-13-20(24-14-28(21)27-22)18-9-11-19(30-3)12-10-18/h4-16H,1-3H3,(H,25,29)/t15-,16+/m0/s1. The van der Waals surface area contributed by atoms with Crippen molar-refractivity contribution in [3.8, 4) is 17.0 Å². The number of hydrogen-bond donors (Lipinski definition) is 1. The second-order valence-corrected chi connectivity index (χ2v) is 7.14. The summed E-state index contributed by atoms with van der Waals surface area (Å²) >= 11 is 0. The normalized spacial score (nSPS) is 13.0. The van der Waals surface area contributed by atoms with Crippen LogP contribution >= 0.6 is 0 Å². The Bertz CT molecular complexity index is 1160. The molecule has 0 aliphatic rings. The number of rotatable bonds is 6. The fourth-order valence-corrected chi connectivity index (χ4v) is 3.21. The molecule has 1 amide bonds. The van der Waals surface area contributed by atoms with Crippen LogP contribution in [0.4, 0.5) is 0 Å². The first-order chi connectivity index (χ1) is 14.5. The van der Waals surface area contributed by atoms with Gasteiger partial charge >= 0.3 is 0 Å². The van der Waals surface area contributed by atoms with Crippen molar-refractivity contribution in [2.24, 2.45) is 0 Å². The molecule has 2 aromatic carbocycles. The first-order valence-electron chi connectivity index (χ1n) is 9.77. The molecule has 4 aromatic rings. The molecule has 7 heteroatoms. The molecule has 0 aliphatic heterocycles. The maximum absolute atomic E-state index is 12.6. The molecule has 2 atom stereocenters. The van der Waals surface area contributed by atoms with Gasteiger partial charge in [-0.25, -0.2) is 14.5 Å². The maximum Gasteiger partial charge on any atom is 0.227 e. The molecule has 0 saturated heterocycles. The Morgan fingerprint density at radius 2 is 1.80 bits per heavy atom. The number of nitrogens with one attached hydrogen (secondary N) is 1. The van der Waals surface area contributed by atoms with Crippen molar-refractivity contribution in [1.82, 2.24) is 24.9 Å². The summed E-state index contributed by atoms with van der Waals surface area (Å²) in [5.74, 6) is 1.01. The van der Waals surface area contributed by atoms with Crippen LogP contribution < -0.4 is 10.1 Å². The van der Waals surface area contributed by atoms with Crippen LogP contribution in [0.5, 0.6) is 5.75 Å². The van der Waals surface area contributed by atoms with Crippen molar-refractivity contribution < 1.29 is 9.53 Å². The summed E-state index contributed by atoms with van der Waals surface area (Å²) in [4.78, 5) is 21.7. The van der Waals surface area contributed by atoms with E-state index in [1.165, 1.54) is 0 Å². The molecule has 30 heavy (non-hydrogen) atoms. The quantitative estimate of drug-likeness (QED) is 0.532. The van der Waals surface area contributed by atoms with Crippen molar-refractivity contribution >= 4 is 11.6 Å². The predicted molar refractivity (Wildman–Crippen MR) is 114 cm³/mol. The van der Waals surface area contributed by atoms with Gasteiger partial charge in [0.05, 0.1) is 24.8 Å². The van der Waals surface area contributed by atoms with Crippen molar-refractivity contribution in [1.29, 1.82) is 0 Å². The van der Waals surface area contributed by atoms with Gasteiger partial charge in [-0.1, -0.05) is 30.3 Å². The summed E-state index contributed by atoms with van der Waals surface area (Å²) in [6, 6.07) is 18.9. The monoisotopic (exact) mass is 401 g/mol. The molecule has 1 N–H and O–H groups in total. The van der Waals surface area contributed by atoms with Crippen LogP contribution in [-0.4, -0.2) is 32.6 Å². The van der Waals surface area contributed by atoms with E-state index in [4.69, 9.17) is 4.74 Å². The van der Waals surface area contributed by atoms with Gasteiger partial charge in [-0.15, -0.1) is 5.10 Å². The van der Waals surface area contributed by atoms with E-state index in [9.17, 15) is 4.79 Å². The summed E-state index contributed by atoms with van der Waals surface area (Å²) in [6.45, 7) is 3.77. The Morgan fingerprint density at radius 3 is 2.50 bits per heavy atom. The van der Waals surface area contributed by atoms with E-state index < -0.39 is 0 Å². The van der Waals surface area contributed by atoms with E-state index >= 15 is 0 Å². The van der Waals surface area contributed by atoms with Crippen LogP contribution in [0.1, 0.15) is 37.2 Å². The Kier molecular flexibility index (Phi) is 5.43. The maximum atomic E-state index is 12.6. The number of fused-ring (bicyclic) bond motifs is 1. The van der Waals surface area contributed by atoms with Gasteiger partial charge in [-0.2, -0.15) is 0 Å². The van der Waals surface area contributed by atoms with E-state index in [0.717, 1.165) is 22.6 Å². The van der Waals surface area contributed by atoms with Gasteiger partial charge in [0, 0.05) is 11.6 Å². The fraction of sp³-hybridized carbons (Fsp3) is 0.217. The van der Waals surface area contributed by atoms with Crippen molar-refractivity contribution in [2.45, 2.75) is 25.8 Å². The number of hydrogen-bond acceptors (Lipinski definition) is 5. The summed E-state index contributed by atoms with van der Waals surface area (Å²) in [7, 11) is 1.64. The highest BCUT2D eigenvalue weighted by Gasteiger charge is 2.20. The summed E-state index contributed by atoms with van der Waals surface area (Å²) in [5, 5.41) is 7.47. The fourth-order valence-electron chi connectivity index (χ4n) is 3.21. The lowest BCUT2D eigenvalue weighted by atomic mass is 10.0. The van der Waals surface area contributed by atoms with Gasteiger partial charge in [0.25, 0.3) is 0 Å². The zero-order valence-corrected chi connectivity index (χ0v) is 17.1. The van der Waals surface area contributed by atoms with Crippen LogP contribution in [0, 0.1) is 0 Å². The van der Waals surface area contributed by atoms with Crippen LogP contribution in [0.15, 0.2) is 67.0 Å². The number of ether oxygens (including phenoxy) is 1. The largest absolute Gasteiger partial charge is 0.497 e. The van der Waals surface area contributed by atoms with E-state index in [1.807, 2.05) is 74.5 Å². The second kappa shape index (κ2) is 8.32. The number of carbonyl (C=O) groups is 1. The second-order valence-electron chi connectivity index (χ2n) is 7.14. The average molecular weight is 401 g/mol. The number of methoxy groups -OCH3 is 1. The highest BCUT2D eigenvalue weighted by molar-refractivity contribution is 5.83. The van der Waals surface area contributed by atoms with Crippen LogP contribution in [0.3, 0.4) is 0 Å². The smallest absolute Gasteiger partial charge is 0.227 e. The number of nitrogens with zero attached hydrogens (tertiary/aromatic N) is 4. The van der Waals surface area contributed by atoms with Crippen molar-refractivity contribution in [3.63, 3.8) is 0 Å². The molecule has 0 saturated carbocycles. The van der Waals surface area contributed by atoms with Crippen LogP contribution in [0.2, 0.25) is 0 Å². The van der Waals surface area contributed by atoms with Crippen LogP contribution in [0.25, 0.3) is 16.9 Å². The highest BCUT2D eigenvalue weighted by atomic mass is 16.5. The summed E-state index contributed by atoms with van der Waals surface area (Å²) in [6.07, 6.45) is 1.63. The molecule has 0 radical (unpaired) electrons. The Morgan fingerprint density at radius 1 is 1.07 bits per heavy atom. The molecule has 7 nitrogen and oxygen atoms in total. The molecule has 4 rings (SSSR count). The molecule has 2 heterocycles. The topological polar surface area (TPSA) is 81.4 Å². The van der Waals surface area contributed by atoms with E-state index in [0.29, 0.717) is 11.5 Å². The predicted octanol–water partition coefficient (Wildman–Crippen LogP) is 3.78. The van der Waals surface area contributed by atoms with Gasteiger partial charge in [0.2, 0.25) is 5.91 Å². The van der Waals surface area contributed by atoms with E-state index in [2.05, 4.69) is 20.4 Å². The van der Waals surface area contributed by atoms with Crippen LogP contribution in [-0.2, 0) is 4.79 Å². The Labute approximate surface area is 174 Å². The third kappa shape index (κ3) is 4.00. The van der Waals surface area contributed by atoms with E-state index in [-0.39, 0.29) is 17.9 Å². The highest BCUT2D eigenvalue weighted by Crippen LogP contribution is 2.22. The molecule has 0 unspecified atom stereocenters. The molecule has 0 fully saturated rings. The molecule has 2 aromatic heterocycles. The van der Waals surface area contributed by atoms with Gasteiger partial charge in [0.1, 0.15) is 12.1 Å². The average Bonchev–Trinajstić information content (AvgIpc) is 3.23. The van der Waals surface area contributed by atoms with Gasteiger partial charge in [-0.05, 0) is 43.7 Å².